The summed E-state index contributed by atoms with van der Waals surface area (Å²) in [6.45, 7) is 2.65. The molecular formula is C35H44F3N5O7. The highest BCUT2D eigenvalue weighted by atomic mass is 19.4. The molecule has 0 unspecified atom stereocenters. The Hall–Kier alpha value is -4.47. The number of aromatic nitrogens is 1. The molecule has 0 bridgehead atoms. The summed E-state index contributed by atoms with van der Waals surface area (Å²) in [5, 5.41) is 27.5. The maximum Gasteiger partial charge on any atom is 0.490 e. The van der Waals surface area contributed by atoms with Crippen LogP contribution in [0.25, 0.3) is 10.9 Å². The minimum Gasteiger partial charge on any atom is -0.506 e. The van der Waals surface area contributed by atoms with E-state index in [-0.39, 0.29) is 54.4 Å². The molecule has 1 aliphatic rings. The molecule has 50 heavy (non-hydrogen) atoms. The number of nitrogens with one attached hydrogen (secondary N) is 3. The number of alkyl halides is 3. The zero-order valence-electron chi connectivity index (χ0n) is 27.9. The third-order valence-electron chi connectivity index (χ3n) is 8.66. The standard InChI is InChI=1S/C35H44F3N5O7/c1-42(32(48)15-20-43-18-13-25(14-19-43)50-34(49)35(36,37)38)17-3-2-7-30(46)40-24-6-4-5-23(21-24)12-16-39-22-29(45)26-8-10-28(44)33-27(26)9-11-31(47)41-33/h4-6,8-11,21,25,29,39,44-45H,2-3,7,12-20,22H2,1H3,(H,40,46)(H,41,47)/t29-/m0/s1. The molecule has 0 aliphatic carbocycles. The number of unbranched alkanes of at least 4 members (excludes halogenated alkanes) is 1. The van der Waals surface area contributed by atoms with Gasteiger partial charge in [0.2, 0.25) is 17.4 Å². The van der Waals surface area contributed by atoms with Crippen LogP contribution < -0.4 is 16.2 Å². The second-order valence-corrected chi connectivity index (χ2v) is 12.5. The first-order chi connectivity index (χ1) is 23.8. The lowest BCUT2D eigenvalue weighted by molar-refractivity contribution is -0.206. The number of nitrogens with zero attached hydrogens (tertiary/aromatic N) is 2. The molecule has 2 heterocycles. The molecule has 272 valence electrons. The van der Waals surface area contributed by atoms with Crippen molar-refractivity contribution in [1.82, 2.24) is 20.1 Å². The van der Waals surface area contributed by atoms with Crippen molar-refractivity contribution in [2.75, 3.05) is 51.6 Å². The lowest BCUT2D eigenvalue weighted by Gasteiger charge is -2.31. The lowest BCUT2D eigenvalue weighted by Crippen LogP contribution is -2.41. The van der Waals surface area contributed by atoms with E-state index in [9.17, 15) is 42.6 Å². The number of rotatable bonds is 16. The van der Waals surface area contributed by atoms with Crippen LogP contribution in [0.1, 0.15) is 55.8 Å². The molecule has 3 aromatic rings. The second-order valence-electron chi connectivity index (χ2n) is 12.5. The zero-order valence-corrected chi connectivity index (χ0v) is 27.9. The molecule has 2 amide bonds. The first kappa shape index (κ1) is 38.3. The number of carbonyl (C=O) groups is 3. The second kappa shape index (κ2) is 18.0. The number of aromatic hydroxyl groups is 1. The Balaban J connectivity index is 1.08. The Morgan fingerprint density at radius 2 is 1.84 bits per heavy atom. The molecule has 0 saturated carbocycles. The van der Waals surface area contributed by atoms with Crippen molar-refractivity contribution >= 4 is 34.4 Å². The highest BCUT2D eigenvalue weighted by Gasteiger charge is 2.42. The fraction of sp³-hybridized carbons (Fsp3) is 0.486. The SMILES string of the molecule is CN(CCCCC(=O)Nc1cccc(CCNC[C@H](O)c2ccc(O)c3[nH]c(=O)ccc23)c1)C(=O)CCN1CCC(OC(=O)C(F)(F)F)CC1. The Bertz CT molecular complexity index is 1670. The number of aromatic amines is 1. The first-order valence-corrected chi connectivity index (χ1v) is 16.7. The van der Waals surface area contributed by atoms with E-state index in [1.165, 1.54) is 12.1 Å². The van der Waals surface area contributed by atoms with Gasteiger partial charge in [-0.15, -0.1) is 0 Å². The number of pyridine rings is 1. The molecule has 1 atom stereocenters. The number of phenols is 1. The zero-order chi connectivity index (χ0) is 36.3. The highest BCUT2D eigenvalue weighted by Crippen LogP contribution is 2.28. The monoisotopic (exact) mass is 703 g/mol. The van der Waals surface area contributed by atoms with Gasteiger partial charge in [0.05, 0.1) is 11.6 Å². The van der Waals surface area contributed by atoms with Crippen molar-refractivity contribution in [2.24, 2.45) is 0 Å². The van der Waals surface area contributed by atoms with Gasteiger partial charge in [0.25, 0.3) is 0 Å². The Morgan fingerprint density at radius 3 is 2.58 bits per heavy atom. The van der Waals surface area contributed by atoms with Crippen molar-refractivity contribution < 1.29 is 42.5 Å². The van der Waals surface area contributed by atoms with Gasteiger partial charge in [-0.05, 0) is 74.0 Å². The first-order valence-electron chi connectivity index (χ1n) is 16.7. The summed E-state index contributed by atoms with van der Waals surface area (Å²) in [7, 11) is 1.70. The number of phenolic OH excluding ortho intramolecular Hbond substituents is 1. The summed E-state index contributed by atoms with van der Waals surface area (Å²) in [4.78, 5) is 53.9. The predicted octanol–water partition coefficient (Wildman–Crippen LogP) is 3.63. The number of carbonyl (C=O) groups excluding carboxylic acids is 3. The van der Waals surface area contributed by atoms with E-state index in [2.05, 4.69) is 20.4 Å². The molecular weight excluding hydrogens is 659 g/mol. The lowest BCUT2D eigenvalue weighted by atomic mass is 10.0. The van der Waals surface area contributed by atoms with Crippen LogP contribution in [0.15, 0.2) is 53.3 Å². The molecule has 12 nitrogen and oxygen atoms in total. The van der Waals surface area contributed by atoms with Gasteiger partial charge in [-0.3, -0.25) is 14.4 Å². The van der Waals surface area contributed by atoms with Crippen molar-refractivity contribution in [3.63, 3.8) is 0 Å². The number of H-pyrrole nitrogens is 1. The number of ether oxygens (including phenoxy) is 1. The third kappa shape index (κ3) is 11.6. The number of fused-ring (bicyclic) bond motifs is 1. The predicted molar refractivity (Wildman–Crippen MR) is 181 cm³/mol. The fourth-order valence-corrected chi connectivity index (χ4v) is 5.83. The average Bonchev–Trinajstić information content (AvgIpc) is 3.08. The smallest absolute Gasteiger partial charge is 0.490 e. The molecule has 0 radical (unpaired) electrons. The van der Waals surface area contributed by atoms with Crippen molar-refractivity contribution in [2.45, 2.75) is 63.3 Å². The van der Waals surface area contributed by atoms with E-state index < -0.39 is 24.4 Å². The van der Waals surface area contributed by atoms with Gasteiger partial charge >= 0.3 is 12.1 Å². The maximum atomic E-state index is 12.6. The highest BCUT2D eigenvalue weighted by molar-refractivity contribution is 5.90. The van der Waals surface area contributed by atoms with E-state index >= 15 is 0 Å². The fourth-order valence-electron chi connectivity index (χ4n) is 5.83. The van der Waals surface area contributed by atoms with Crippen LogP contribution >= 0.6 is 0 Å². The number of hydrogen-bond donors (Lipinski definition) is 5. The van der Waals surface area contributed by atoms with Gasteiger partial charge in [0, 0.05) is 69.8 Å². The van der Waals surface area contributed by atoms with Crippen LogP contribution in [0.3, 0.4) is 0 Å². The van der Waals surface area contributed by atoms with E-state index in [1.807, 2.05) is 29.2 Å². The number of aliphatic hydroxyl groups is 1. The van der Waals surface area contributed by atoms with Gasteiger partial charge < -0.3 is 40.4 Å². The molecule has 1 aliphatic heterocycles. The van der Waals surface area contributed by atoms with Gasteiger partial charge in [-0.25, -0.2) is 4.79 Å². The van der Waals surface area contributed by atoms with Crippen LogP contribution in [-0.2, 0) is 25.5 Å². The molecule has 1 fully saturated rings. The van der Waals surface area contributed by atoms with Crippen LogP contribution in [0.4, 0.5) is 18.9 Å². The molecule has 0 spiro atoms. The van der Waals surface area contributed by atoms with Crippen molar-refractivity contribution in [3.05, 3.63) is 70.0 Å². The molecule has 5 N–H and O–H groups in total. The molecule has 4 rings (SSSR count). The number of esters is 1. The Kier molecular flexibility index (Phi) is 13.8. The maximum absolute atomic E-state index is 12.6. The van der Waals surface area contributed by atoms with Gasteiger partial charge in [-0.1, -0.05) is 18.2 Å². The summed E-state index contributed by atoms with van der Waals surface area (Å²) >= 11 is 0. The number of amides is 2. The van der Waals surface area contributed by atoms with Gasteiger partial charge in [0.15, 0.2) is 0 Å². The molecule has 2 aromatic carbocycles. The number of benzene rings is 2. The Morgan fingerprint density at radius 1 is 1.08 bits per heavy atom. The number of likely N-dealkylation sites (tertiary alicyclic amines) is 1. The Labute approximate surface area is 287 Å². The minimum absolute atomic E-state index is 0.0627. The number of anilines is 1. The molecule has 1 saturated heterocycles. The largest absolute Gasteiger partial charge is 0.506 e. The van der Waals surface area contributed by atoms with Crippen LogP contribution in [0.5, 0.6) is 5.75 Å². The van der Waals surface area contributed by atoms with E-state index in [1.54, 1.807) is 24.1 Å². The van der Waals surface area contributed by atoms with Crippen LogP contribution in [0, 0.1) is 0 Å². The minimum atomic E-state index is -5.00. The summed E-state index contributed by atoms with van der Waals surface area (Å²) in [5.74, 6) is -2.44. The normalized spacial score (nSPS) is 14.7. The number of piperidine rings is 1. The quantitative estimate of drug-likeness (QED) is 0.111. The van der Waals surface area contributed by atoms with Crippen molar-refractivity contribution in [3.8, 4) is 5.75 Å². The topological polar surface area (TPSA) is 164 Å². The van der Waals surface area contributed by atoms with Crippen LogP contribution in [-0.4, -0.2) is 101 Å². The van der Waals surface area contributed by atoms with E-state index in [0.29, 0.717) is 75.0 Å². The number of halogens is 3. The summed E-state index contributed by atoms with van der Waals surface area (Å²) in [6.07, 6.45) is -3.64. The average molecular weight is 704 g/mol. The van der Waals surface area contributed by atoms with Gasteiger partial charge in [-0.2, -0.15) is 13.2 Å². The van der Waals surface area contributed by atoms with Crippen LogP contribution in [0.2, 0.25) is 0 Å². The van der Waals surface area contributed by atoms with E-state index in [4.69, 9.17) is 0 Å². The summed E-state index contributed by atoms with van der Waals surface area (Å²) < 4.78 is 41.7. The summed E-state index contributed by atoms with van der Waals surface area (Å²) in [6, 6.07) is 13.5. The molecule has 1 aromatic heterocycles. The van der Waals surface area contributed by atoms with Gasteiger partial charge in [0.1, 0.15) is 11.9 Å². The number of aliphatic hydroxyl groups excluding tert-OH is 1. The van der Waals surface area contributed by atoms with Crippen molar-refractivity contribution in [1.29, 1.82) is 0 Å². The van der Waals surface area contributed by atoms with E-state index in [0.717, 1.165) is 5.56 Å². The number of hydrogen-bond acceptors (Lipinski definition) is 9. The third-order valence-corrected chi connectivity index (χ3v) is 8.66. The molecule has 15 heteroatoms. The summed E-state index contributed by atoms with van der Waals surface area (Å²) in [5.41, 5.74) is 2.18.